The third-order valence-corrected chi connectivity index (χ3v) is 2.80. The zero-order chi connectivity index (χ0) is 13.0. The largest absolute Gasteiger partial charge is 0.493 e. The number of hydrogen-bond donors (Lipinski definition) is 1. The zero-order valence-electron chi connectivity index (χ0n) is 10.2. The van der Waals surface area contributed by atoms with Crippen LogP contribution >= 0.6 is 11.6 Å². The molecule has 0 amide bonds. The fraction of sp³-hybridized carbons (Fsp3) is 0.417. The minimum absolute atomic E-state index is 0.0483. The van der Waals surface area contributed by atoms with Crippen molar-refractivity contribution in [3.8, 4) is 11.5 Å². The Bertz CT molecular complexity index is 432. The van der Waals surface area contributed by atoms with Gasteiger partial charge in [-0.15, -0.1) is 0 Å². The van der Waals surface area contributed by atoms with Gasteiger partial charge in [-0.25, -0.2) is 0 Å². The summed E-state index contributed by atoms with van der Waals surface area (Å²) in [6.45, 7) is 2.10. The Morgan fingerprint density at radius 1 is 1.35 bits per heavy atom. The molecule has 0 aliphatic carbocycles. The first-order chi connectivity index (χ1) is 8.06. The maximum absolute atomic E-state index is 11.9. The van der Waals surface area contributed by atoms with Gasteiger partial charge in [-0.3, -0.25) is 4.79 Å². The smallest absolute Gasteiger partial charge is 0.179 e. The SMILES string of the molecule is COc1c(Cl)cc(C(=O)CCN)c(C)c1OC. The summed E-state index contributed by atoms with van der Waals surface area (Å²) in [6.07, 6.45) is 0.284. The highest BCUT2D eigenvalue weighted by Crippen LogP contribution is 2.39. The molecule has 5 heteroatoms. The number of rotatable bonds is 5. The summed E-state index contributed by atoms with van der Waals surface area (Å²) in [6, 6.07) is 1.59. The monoisotopic (exact) mass is 257 g/mol. The van der Waals surface area contributed by atoms with E-state index in [1.165, 1.54) is 14.2 Å². The summed E-state index contributed by atoms with van der Waals surface area (Å²) < 4.78 is 10.4. The molecule has 0 unspecified atom stereocenters. The normalized spacial score (nSPS) is 10.2. The summed E-state index contributed by atoms with van der Waals surface area (Å²) in [7, 11) is 3.02. The minimum atomic E-state index is -0.0483. The lowest BCUT2D eigenvalue weighted by molar-refractivity contribution is 0.0984. The summed E-state index contributed by atoms with van der Waals surface area (Å²) in [5.41, 5.74) is 6.61. The van der Waals surface area contributed by atoms with E-state index in [0.29, 0.717) is 34.2 Å². The molecule has 0 heterocycles. The van der Waals surface area contributed by atoms with Gasteiger partial charge in [0.15, 0.2) is 17.3 Å². The standard InChI is InChI=1S/C12H16ClNO3/c1-7-8(10(15)4-5-14)6-9(13)12(17-3)11(7)16-2/h6H,4-5,14H2,1-3H3. The van der Waals surface area contributed by atoms with Crippen LogP contribution in [0.25, 0.3) is 0 Å². The molecule has 0 saturated heterocycles. The highest BCUT2D eigenvalue weighted by Gasteiger charge is 2.19. The lowest BCUT2D eigenvalue weighted by Crippen LogP contribution is -2.10. The minimum Gasteiger partial charge on any atom is -0.493 e. The van der Waals surface area contributed by atoms with Crippen molar-refractivity contribution in [2.45, 2.75) is 13.3 Å². The van der Waals surface area contributed by atoms with Crippen molar-refractivity contribution in [2.75, 3.05) is 20.8 Å². The molecule has 0 aliphatic heterocycles. The second-order valence-corrected chi connectivity index (χ2v) is 3.97. The van der Waals surface area contributed by atoms with E-state index >= 15 is 0 Å². The van der Waals surface area contributed by atoms with Crippen molar-refractivity contribution < 1.29 is 14.3 Å². The first-order valence-electron chi connectivity index (χ1n) is 5.21. The van der Waals surface area contributed by atoms with Gasteiger partial charge in [0.25, 0.3) is 0 Å². The topological polar surface area (TPSA) is 61.5 Å². The van der Waals surface area contributed by atoms with Crippen LogP contribution in [-0.4, -0.2) is 26.5 Å². The van der Waals surface area contributed by atoms with Crippen LogP contribution in [0.5, 0.6) is 11.5 Å². The molecule has 1 rings (SSSR count). The average Bonchev–Trinajstić information content (AvgIpc) is 2.31. The van der Waals surface area contributed by atoms with Gasteiger partial charge in [0.1, 0.15) is 0 Å². The van der Waals surface area contributed by atoms with Gasteiger partial charge in [0, 0.05) is 17.5 Å². The molecule has 94 valence electrons. The van der Waals surface area contributed by atoms with Gasteiger partial charge < -0.3 is 15.2 Å². The second kappa shape index (κ2) is 5.89. The summed E-state index contributed by atoms with van der Waals surface area (Å²) >= 11 is 6.04. The predicted octanol–water partition coefficient (Wildman–Crippen LogP) is 2.20. The summed E-state index contributed by atoms with van der Waals surface area (Å²) in [4.78, 5) is 11.9. The molecule has 0 aliphatic rings. The zero-order valence-corrected chi connectivity index (χ0v) is 10.9. The van der Waals surface area contributed by atoms with Crippen molar-refractivity contribution in [2.24, 2.45) is 5.73 Å². The Morgan fingerprint density at radius 2 is 1.94 bits per heavy atom. The van der Waals surface area contributed by atoms with Crippen LogP contribution in [0.2, 0.25) is 5.02 Å². The fourth-order valence-electron chi connectivity index (χ4n) is 1.69. The van der Waals surface area contributed by atoms with Gasteiger partial charge in [-0.05, 0) is 19.5 Å². The second-order valence-electron chi connectivity index (χ2n) is 3.56. The first kappa shape index (κ1) is 13.8. The van der Waals surface area contributed by atoms with Crippen LogP contribution in [0.15, 0.2) is 6.07 Å². The number of methoxy groups -OCH3 is 2. The highest BCUT2D eigenvalue weighted by atomic mass is 35.5. The van der Waals surface area contributed by atoms with Gasteiger partial charge in [-0.1, -0.05) is 11.6 Å². The van der Waals surface area contributed by atoms with E-state index in [4.69, 9.17) is 26.8 Å². The molecule has 4 nitrogen and oxygen atoms in total. The number of ether oxygens (including phenoxy) is 2. The number of hydrogen-bond acceptors (Lipinski definition) is 4. The first-order valence-corrected chi connectivity index (χ1v) is 5.58. The Labute approximate surface area is 106 Å². The van der Waals surface area contributed by atoms with Crippen molar-refractivity contribution >= 4 is 17.4 Å². The van der Waals surface area contributed by atoms with Gasteiger partial charge in [0.05, 0.1) is 19.2 Å². The van der Waals surface area contributed by atoms with Crippen molar-refractivity contribution in [1.82, 2.24) is 0 Å². The fourth-order valence-corrected chi connectivity index (χ4v) is 1.97. The van der Waals surface area contributed by atoms with Crippen LogP contribution < -0.4 is 15.2 Å². The van der Waals surface area contributed by atoms with Gasteiger partial charge in [-0.2, -0.15) is 0 Å². The van der Waals surface area contributed by atoms with Crippen LogP contribution in [0.1, 0.15) is 22.3 Å². The number of halogens is 1. The van der Waals surface area contributed by atoms with E-state index < -0.39 is 0 Å². The highest BCUT2D eigenvalue weighted by molar-refractivity contribution is 6.32. The average molecular weight is 258 g/mol. The number of Topliss-reactive ketones (excluding diaryl/α,β-unsaturated/α-hetero) is 1. The molecule has 0 atom stereocenters. The summed E-state index contributed by atoms with van der Waals surface area (Å²) in [5.74, 6) is 0.879. The molecular formula is C12H16ClNO3. The number of carbonyl (C=O) groups is 1. The maximum atomic E-state index is 11.9. The van der Waals surface area contributed by atoms with E-state index in [1.54, 1.807) is 13.0 Å². The third-order valence-electron chi connectivity index (χ3n) is 2.52. The molecule has 0 fully saturated rings. The van der Waals surface area contributed by atoms with Crippen molar-refractivity contribution in [3.05, 3.63) is 22.2 Å². The summed E-state index contributed by atoms with van der Waals surface area (Å²) in [5, 5.41) is 0.357. The molecule has 0 bridgehead atoms. The number of nitrogens with two attached hydrogens (primary N) is 1. The molecule has 1 aromatic rings. The number of carbonyl (C=O) groups excluding carboxylic acids is 1. The third kappa shape index (κ3) is 2.70. The van der Waals surface area contributed by atoms with Crippen molar-refractivity contribution in [1.29, 1.82) is 0 Å². The maximum Gasteiger partial charge on any atom is 0.179 e. The molecule has 2 N–H and O–H groups in total. The lowest BCUT2D eigenvalue weighted by Gasteiger charge is -2.15. The molecular weight excluding hydrogens is 242 g/mol. The van der Waals surface area contributed by atoms with E-state index in [2.05, 4.69) is 0 Å². The molecule has 0 radical (unpaired) electrons. The Kier molecular flexibility index (Phi) is 4.78. The van der Waals surface area contributed by atoms with Crippen molar-refractivity contribution in [3.63, 3.8) is 0 Å². The molecule has 0 saturated carbocycles. The predicted molar refractivity (Wildman–Crippen MR) is 67.3 cm³/mol. The quantitative estimate of drug-likeness (QED) is 0.822. The Morgan fingerprint density at radius 3 is 2.41 bits per heavy atom. The van der Waals surface area contributed by atoms with Crippen LogP contribution in [0.4, 0.5) is 0 Å². The van der Waals surface area contributed by atoms with E-state index in [-0.39, 0.29) is 12.2 Å². The van der Waals surface area contributed by atoms with E-state index in [0.717, 1.165) is 0 Å². The Balaban J connectivity index is 3.35. The Hall–Kier alpha value is -1.26. The number of benzene rings is 1. The lowest BCUT2D eigenvalue weighted by atomic mass is 10.0. The van der Waals surface area contributed by atoms with E-state index in [1.807, 2.05) is 0 Å². The number of ketones is 1. The molecule has 1 aromatic carbocycles. The van der Waals surface area contributed by atoms with Crippen LogP contribution in [-0.2, 0) is 0 Å². The molecule has 0 aromatic heterocycles. The van der Waals surface area contributed by atoms with Gasteiger partial charge in [0.2, 0.25) is 0 Å². The molecule has 0 spiro atoms. The molecule has 17 heavy (non-hydrogen) atoms. The van der Waals surface area contributed by atoms with Crippen LogP contribution in [0, 0.1) is 6.92 Å². The van der Waals surface area contributed by atoms with Crippen LogP contribution in [0.3, 0.4) is 0 Å². The van der Waals surface area contributed by atoms with Gasteiger partial charge >= 0.3 is 0 Å². The van der Waals surface area contributed by atoms with E-state index in [9.17, 15) is 4.79 Å².